The minimum absolute atomic E-state index is 0.0633. The highest BCUT2D eigenvalue weighted by Crippen LogP contribution is 2.19. The summed E-state index contributed by atoms with van der Waals surface area (Å²) in [6, 6.07) is 13.7. The summed E-state index contributed by atoms with van der Waals surface area (Å²) in [6.07, 6.45) is 5.26. The number of rotatable bonds is 7. The van der Waals surface area contributed by atoms with E-state index in [4.69, 9.17) is 5.73 Å². The Morgan fingerprint density at radius 2 is 1.69 bits per heavy atom. The molecule has 1 aliphatic rings. The van der Waals surface area contributed by atoms with Gasteiger partial charge in [-0.05, 0) is 61.2 Å². The Balaban J connectivity index is 1.51. The lowest BCUT2D eigenvalue weighted by molar-refractivity contribution is -0.117. The third-order valence-corrected chi connectivity index (χ3v) is 4.55. The molecule has 0 spiro atoms. The molecule has 4 amide bonds. The number of urea groups is 1. The highest BCUT2D eigenvalue weighted by Gasteiger charge is 2.23. The zero-order valence-corrected chi connectivity index (χ0v) is 16.1. The summed E-state index contributed by atoms with van der Waals surface area (Å²) in [5.41, 5.74) is 8.01. The van der Waals surface area contributed by atoms with Crippen LogP contribution in [0.2, 0.25) is 0 Å². The van der Waals surface area contributed by atoms with Gasteiger partial charge in [-0.3, -0.25) is 9.59 Å². The average molecular weight is 392 g/mol. The maximum atomic E-state index is 12.2. The van der Waals surface area contributed by atoms with Crippen molar-refractivity contribution < 1.29 is 14.4 Å². The molecule has 3 rings (SSSR count). The Morgan fingerprint density at radius 1 is 1.03 bits per heavy atom. The smallest absolute Gasteiger partial charge is 0.316 e. The van der Waals surface area contributed by atoms with Crippen LogP contribution in [0.5, 0.6) is 0 Å². The molecule has 1 unspecified atom stereocenters. The van der Waals surface area contributed by atoms with Crippen LogP contribution in [0.25, 0.3) is 6.08 Å². The van der Waals surface area contributed by atoms with Gasteiger partial charge in [0.2, 0.25) is 5.91 Å². The number of carbonyl (C=O) groups is 3. The molecule has 1 atom stereocenters. The van der Waals surface area contributed by atoms with Crippen LogP contribution >= 0.6 is 0 Å². The van der Waals surface area contributed by atoms with E-state index in [2.05, 4.69) is 16.0 Å². The van der Waals surface area contributed by atoms with Crippen LogP contribution in [0.1, 0.15) is 47.3 Å². The van der Waals surface area contributed by atoms with Crippen molar-refractivity contribution >= 4 is 29.6 Å². The fourth-order valence-electron chi connectivity index (χ4n) is 2.76. The molecule has 1 saturated carbocycles. The van der Waals surface area contributed by atoms with Crippen LogP contribution < -0.4 is 21.7 Å². The maximum absolute atomic E-state index is 12.2. The van der Waals surface area contributed by atoms with Crippen molar-refractivity contribution in [1.29, 1.82) is 0 Å². The second-order valence-corrected chi connectivity index (χ2v) is 7.04. The lowest BCUT2D eigenvalue weighted by atomic mass is 10.1. The van der Waals surface area contributed by atoms with Crippen LogP contribution in [-0.4, -0.2) is 23.9 Å². The normalized spacial score (nSPS) is 14.2. The van der Waals surface area contributed by atoms with E-state index < -0.39 is 6.03 Å². The molecule has 0 aromatic heterocycles. The molecule has 150 valence electrons. The predicted molar refractivity (Wildman–Crippen MR) is 112 cm³/mol. The Hall–Kier alpha value is -3.61. The molecule has 2 aromatic rings. The summed E-state index contributed by atoms with van der Waals surface area (Å²) in [6.45, 7) is 1.87. The Kier molecular flexibility index (Phi) is 6.29. The van der Waals surface area contributed by atoms with Crippen molar-refractivity contribution in [3.8, 4) is 0 Å². The number of nitrogens with two attached hydrogens (primary N) is 1. The maximum Gasteiger partial charge on any atom is 0.316 e. The number of nitrogens with one attached hydrogen (secondary N) is 3. The van der Waals surface area contributed by atoms with Gasteiger partial charge in [-0.25, -0.2) is 4.79 Å². The molecular formula is C22H24N4O3. The lowest BCUT2D eigenvalue weighted by Crippen LogP contribution is -2.25. The van der Waals surface area contributed by atoms with Gasteiger partial charge in [0.1, 0.15) is 0 Å². The third kappa shape index (κ3) is 6.21. The zero-order valence-electron chi connectivity index (χ0n) is 16.1. The molecule has 2 aromatic carbocycles. The highest BCUT2D eigenvalue weighted by molar-refractivity contribution is 5.95. The first kappa shape index (κ1) is 20.1. The molecule has 29 heavy (non-hydrogen) atoms. The van der Waals surface area contributed by atoms with E-state index in [1.807, 2.05) is 19.1 Å². The zero-order chi connectivity index (χ0) is 20.8. The van der Waals surface area contributed by atoms with Crippen LogP contribution in [0.15, 0.2) is 54.6 Å². The number of hydrogen-bond acceptors (Lipinski definition) is 3. The van der Waals surface area contributed by atoms with E-state index in [1.54, 1.807) is 42.5 Å². The molecule has 1 aliphatic carbocycles. The standard InChI is InChI=1S/C22H24N4O3/c1-14(16-7-9-19(10-8-16)26-22(23)29)24-20(27)13-4-15-2-5-17(6-3-15)21(28)25-18-11-12-18/h2-10,13-14,18H,11-12H2,1H3,(H,24,27)(H,25,28)(H3,23,26,29). The summed E-state index contributed by atoms with van der Waals surface area (Å²) >= 11 is 0. The average Bonchev–Trinajstić information content (AvgIpc) is 3.51. The Labute approximate surface area is 169 Å². The third-order valence-electron chi connectivity index (χ3n) is 4.55. The van der Waals surface area contributed by atoms with E-state index in [0.717, 1.165) is 24.0 Å². The molecule has 0 heterocycles. The molecule has 0 radical (unpaired) electrons. The highest BCUT2D eigenvalue weighted by atomic mass is 16.2. The molecule has 0 saturated heterocycles. The lowest BCUT2D eigenvalue weighted by Gasteiger charge is -2.13. The molecular weight excluding hydrogens is 368 g/mol. The summed E-state index contributed by atoms with van der Waals surface area (Å²) in [5, 5.41) is 8.31. The molecule has 0 bridgehead atoms. The number of benzene rings is 2. The summed E-state index contributed by atoms with van der Waals surface area (Å²) < 4.78 is 0. The largest absolute Gasteiger partial charge is 0.351 e. The minimum Gasteiger partial charge on any atom is -0.351 e. The quantitative estimate of drug-likeness (QED) is 0.543. The van der Waals surface area contributed by atoms with E-state index in [1.165, 1.54) is 6.08 Å². The van der Waals surface area contributed by atoms with Gasteiger partial charge in [0.25, 0.3) is 5.91 Å². The second kappa shape index (κ2) is 9.05. The van der Waals surface area contributed by atoms with Crippen LogP contribution in [-0.2, 0) is 4.79 Å². The van der Waals surface area contributed by atoms with Crippen molar-refractivity contribution in [2.75, 3.05) is 5.32 Å². The van der Waals surface area contributed by atoms with Gasteiger partial charge in [-0.15, -0.1) is 0 Å². The van der Waals surface area contributed by atoms with E-state index >= 15 is 0 Å². The summed E-state index contributed by atoms with van der Waals surface area (Å²) in [5.74, 6) is -0.293. The number of carbonyl (C=O) groups excluding carboxylic acids is 3. The SMILES string of the molecule is CC(NC(=O)C=Cc1ccc(C(=O)NC2CC2)cc1)c1ccc(NC(N)=O)cc1. The molecule has 7 nitrogen and oxygen atoms in total. The van der Waals surface area contributed by atoms with Gasteiger partial charge in [0.15, 0.2) is 0 Å². The van der Waals surface area contributed by atoms with Crippen molar-refractivity contribution in [2.24, 2.45) is 5.73 Å². The Morgan fingerprint density at radius 3 is 2.28 bits per heavy atom. The van der Waals surface area contributed by atoms with Crippen LogP contribution in [0, 0.1) is 0 Å². The predicted octanol–water partition coefficient (Wildman–Crippen LogP) is 2.96. The van der Waals surface area contributed by atoms with Gasteiger partial charge in [-0.2, -0.15) is 0 Å². The van der Waals surface area contributed by atoms with Crippen molar-refractivity contribution in [3.05, 3.63) is 71.3 Å². The van der Waals surface area contributed by atoms with Gasteiger partial charge < -0.3 is 21.7 Å². The van der Waals surface area contributed by atoms with E-state index in [9.17, 15) is 14.4 Å². The van der Waals surface area contributed by atoms with Crippen molar-refractivity contribution in [1.82, 2.24) is 10.6 Å². The molecule has 5 N–H and O–H groups in total. The first-order valence-electron chi connectivity index (χ1n) is 9.46. The fraction of sp³-hybridized carbons (Fsp3) is 0.227. The summed E-state index contributed by atoms with van der Waals surface area (Å²) in [4.78, 5) is 35.0. The number of amides is 4. The summed E-state index contributed by atoms with van der Waals surface area (Å²) in [7, 11) is 0. The van der Waals surface area contributed by atoms with Gasteiger partial charge in [-0.1, -0.05) is 24.3 Å². The van der Waals surface area contributed by atoms with Crippen molar-refractivity contribution in [2.45, 2.75) is 31.8 Å². The number of hydrogen-bond donors (Lipinski definition) is 4. The van der Waals surface area contributed by atoms with Gasteiger partial charge in [0.05, 0.1) is 6.04 Å². The molecule has 7 heteroatoms. The minimum atomic E-state index is -0.624. The van der Waals surface area contributed by atoms with Crippen LogP contribution in [0.4, 0.5) is 10.5 Å². The number of anilines is 1. The first-order valence-corrected chi connectivity index (χ1v) is 9.46. The molecule has 1 fully saturated rings. The second-order valence-electron chi connectivity index (χ2n) is 7.04. The van der Waals surface area contributed by atoms with Crippen LogP contribution in [0.3, 0.4) is 0 Å². The number of primary amides is 1. The topological polar surface area (TPSA) is 113 Å². The van der Waals surface area contributed by atoms with E-state index in [0.29, 0.717) is 17.3 Å². The molecule has 0 aliphatic heterocycles. The van der Waals surface area contributed by atoms with E-state index in [-0.39, 0.29) is 17.9 Å². The van der Waals surface area contributed by atoms with Gasteiger partial charge >= 0.3 is 6.03 Å². The monoisotopic (exact) mass is 392 g/mol. The fourth-order valence-corrected chi connectivity index (χ4v) is 2.76. The first-order chi connectivity index (χ1) is 13.9. The van der Waals surface area contributed by atoms with Crippen molar-refractivity contribution in [3.63, 3.8) is 0 Å². The Bertz CT molecular complexity index is 916. The van der Waals surface area contributed by atoms with Gasteiger partial charge in [0, 0.05) is 23.4 Å².